The lowest BCUT2D eigenvalue weighted by atomic mass is 10.1. The Bertz CT molecular complexity index is 125. The van der Waals surface area contributed by atoms with Crippen molar-refractivity contribution in [3.8, 4) is 0 Å². The van der Waals surface area contributed by atoms with Crippen LogP contribution in [0.25, 0.3) is 0 Å². The van der Waals surface area contributed by atoms with Gasteiger partial charge in [0.15, 0.2) is 0 Å². The Morgan fingerprint density at radius 1 is 1.45 bits per heavy atom. The first-order chi connectivity index (χ1) is 5.34. The van der Waals surface area contributed by atoms with E-state index in [1.54, 1.807) is 0 Å². The van der Waals surface area contributed by atoms with Crippen molar-refractivity contribution < 1.29 is 5.21 Å². The summed E-state index contributed by atoms with van der Waals surface area (Å²) in [7, 11) is 0. The van der Waals surface area contributed by atoms with Crippen LogP contribution in [0.4, 0.5) is 0 Å². The summed E-state index contributed by atoms with van der Waals surface area (Å²) in [6.45, 7) is 4.51. The Balaban J connectivity index is 2.38. The van der Waals surface area contributed by atoms with Crippen LogP contribution < -0.4 is 0 Å². The van der Waals surface area contributed by atoms with E-state index in [-0.39, 0.29) is 0 Å². The second-order valence-electron chi connectivity index (χ2n) is 3.19. The van der Waals surface area contributed by atoms with Gasteiger partial charge < -0.3 is 5.21 Å². The van der Waals surface area contributed by atoms with E-state index < -0.39 is 0 Å². The predicted molar refractivity (Wildman–Crippen MR) is 45.6 cm³/mol. The van der Waals surface area contributed by atoms with Gasteiger partial charge >= 0.3 is 0 Å². The third-order valence-electron chi connectivity index (χ3n) is 2.28. The third kappa shape index (κ3) is 2.64. The number of nitrogens with zero attached hydrogens (tertiary/aromatic N) is 1. The second-order valence-corrected chi connectivity index (χ2v) is 3.19. The van der Waals surface area contributed by atoms with Crippen molar-refractivity contribution in [1.82, 2.24) is 5.06 Å². The predicted octanol–water partition coefficient (Wildman–Crippen LogP) is 2.20. The monoisotopic (exact) mass is 155 g/mol. The summed E-state index contributed by atoms with van der Waals surface area (Å²) >= 11 is 0. The van der Waals surface area contributed by atoms with Gasteiger partial charge in [0.05, 0.1) is 0 Å². The first kappa shape index (κ1) is 8.75. The fraction of sp³-hybridized carbons (Fsp3) is 0.778. The van der Waals surface area contributed by atoms with E-state index in [0.717, 1.165) is 25.8 Å². The zero-order valence-corrected chi connectivity index (χ0v) is 7.00. The van der Waals surface area contributed by atoms with Crippen LogP contribution in [0, 0.1) is 0 Å². The minimum atomic E-state index is 0.329. The van der Waals surface area contributed by atoms with Gasteiger partial charge in [-0.1, -0.05) is 18.9 Å². The molecule has 1 heterocycles. The van der Waals surface area contributed by atoms with E-state index in [2.05, 4.69) is 6.58 Å². The van der Waals surface area contributed by atoms with Crippen molar-refractivity contribution in [3.05, 3.63) is 12.7 Å². The molecule has 0 saturated carbocycles. The van der Waals surface area contributed by atoms with Crippen LogP contribution in [0.15, 0.2) is 12.7 Å². The molecule has 64 valence electrons. The minimum Gasteiger partial charge on any atom is -0.314 e. The zero-order valence-electron chi connectivity index (χ0n) is 7.00. The van der Waals surface area contributed by atoms with Gasteiger partial charge in [0.1, 0.15) is 0 Å². The van der Waals surface area contributed by atoms with Crippen molar-refractivity contribution in [2.24, 2.45) is 0 Å². The molecule has 1 N–H and O–H groups in total. The third-order valence-corrected chi connectivity index (χ3v) is 2.28. The molecule has 1 atom stereocenters. The first-order valence-corrected chi connectivity index (χ1v) is 4.41. The van der Waals surface area contributed by atoms with Gasteiger partial charge in [-0.25, -0.2) is 0 Å². The van der Waals surface area contributed by atoms with Gasteiger partial charge in [0, 0.05) is 12.6 Å². The van der Waals surface area contributed by atoms with Crippen molar-refractivity contribution in [3.63, 3.8) is 0 Å². The van der Waals surface area contributed by atoms with Crippen LogP contribution in [0.5, 0.6) is 0 Å². The van der Waals surface area contributed by atoms with Crippen LogP contribution in [-0.2, 0) is 0 Å². The second kappa shape index (κ2) is 4.52. The number of rotatable bonds is 2. The Morgan fingerprint density at radius 3 is 3.00 bits per heavy atom. The Morgan fingerprint density at radius 2 is 2.27 bits per heavy atom. The lowest BCUT2D eigenvalue weighted by molar-refractivity contribution is -0.123. The van der Waals surface area contributed by atoms with Crippen LogP contribution >= 0.6 is 0 Å². The molecule has 0 spiro atoms. The average molecular weight is 155 g/mol. The number of hydrogen-bond acceptors (Lipinski definition) is 2. The zero-order chi connectivity index (χ0) is 8.10. The molecule has 0 aromatic carbocycles. The Kier molecular flexibility index (Phi) is 3.60. The molecular formula is C9H17NO. The minimum absolute atomic E-state index is 0.329. The molecule has 0 aromatic heterocycles. The smallest absolute Gasteiger partial charge is 0.0384 e. The van der Waals surface area contributed by atoms with E-state index in [0.29, 0.717) is 6.04 Å². The lowest BCUT2D eigenvalue weighted by Crippen LogP contribution is -2.30. The van der Waals surface area contributed by atoms with Crippen LogP contribution in [0.3, 0.4) is 0 Å². The molecular weight excluding hydrogens is 138 g/mol. The summed E-state index contributed by atoms with van der Waals surface area (Å²) in [4.78, 5) is 0. The average Bonchev–Trinajstić information content (AvgIpc) is 2.18. The highest BCUT2D eigenvalue weighted by Gasteiger charge is 2.16. The standard InChI is InChI=1S/C9H17NO/c1-2-6-9-7-4-3-5-8-10(9)11/h2,9,11H,1,3-8H2. The molecule has 1 rings (SSSR count). The Hall–Kier alpha value is -0.340. The summed E-state index contributed by atoms with van der Waals surface area (Å²) in [5, 5.41) is 10.9. The summed E-state index contributed by atoms with van der Waals surface area (Å²) in [5.41, 5.74) is 0. The molecule has 1 fully saturated rings. The Labute approximate surface area is 68.5 Å². The summed E-state index contributed by atoms with van der Waals surface area (Å²) in [5.74, 6) is 0. The SMILES string of the molecule is C=CCC1CCCCCN1O. The summed E-state index contributed by atoms with van der Waals surface area (Å²) < 4.78 is 0. The molecule has 0 bridgehead atoms. The summed E-state index contributed by atoms with van der Waals surface area (Å²) in [6.07, 6.45) is 7.54. The number of hydroxylamine groups is 2. The maximum atomic E-state index is 9.47. The maximum Gasteiger partial charge on any atom is 0.0384 e. The highest BCUT2D eigenvalue weighted by Crippen LogP contribution is 2.17. The maximum absolute atomic E-state index is 9.47. The molecule has 1 aliphatic rings. The van der Waals surface area contributed by atoms with Crippen LogP contribution in [0.2, 0.25) is 0 Å². The fourth-order valence-corrected chi connectivity index (χ4v) is 1.59. The molecule has 0 aromatic rings. The topological polar surface area (TPSA) is 23.5 Å². The van der Waals surface area contributed by atoms with Crippen molar-refractivity contribution in [2.45, 2.75) is 38.1 Å². The van der Waals surface area contributed by atoms with Gasteiger partial charge in [0.25, 0.3) is 0 Å². The van der Waals surface area contributed by atoms with E-state index in [1.165, 1.54) is 17.9 Å². The van der Waals surface area contributed by atoms with E-state index in [1.807, 2.05) is 6.08 Å². The van der Waals surface area contributed by atoms with Gasteiger partial charge in [-0.2, -0.15) is 5.06 Å². The van der Waals surface area contributed by atoms with Crippen LogP contribution in [0.1, 0.15) is 32.1 Å². The van der Waals surface area contributed by atoms with Gasteiger partial charge in [-0.05, 0) is 19.3 Å². The van der Waals surface area contributed by atoms with Crippen LogP contribution in [-0.4, -0.2) is 22.9 Å². The largest absolute Gasteiger partial charge is 0.314 e. The molecule has 1 unspecified atom stereocenters. The molecule has 2 heteroatoms. The molecule has 0 aliphatic carbocycles. The van der Waals surface area contributed by atoms with Gasteiger partial charge in [-0.3, -0.25) is 0 Å². The van der Waals surface area contributed by atoms with E-state index in [4.69, 9.17) is 0 Å². The highest BCUT2D eigenvalue weighted by atomic mass is 16.5. The normalized spacial score (nSPS) is 27.9. The molecule has 11 heavy (non-hydrogen) atoms. The molecule has 2 nitrogen and oxygen atoms in total. The van der Waals surface area contributed by atoms with Gasteiger partial charge in [0.2, 0.25) is 0 Å². The summed E-state index contributed by atoms with van der Waals surface area (Å²) in [6, 6.07) is 0.329. The van der Waals surface area contributed by atoms with E-state index >= 15 is 0 Å². The lowest BCUT2D eigenvalue weighted by Gasteiger charge is -2.21. The van der Waals surface area contributed by atoms with Crippen molar-refractivity contribution in [1.29, 1.82) is 0 Å². The van der Waals surface area contributed by atoms with Crippen molar-refractivity contribution in [2.75, 3.05) is 6.54 Å². The first-order valence-electron chi connectivity index (χ1n) is 4.41. The molecule has 1 aliphatic heterocycles. The quantitative estimate of drug-likeness (QED) is 0.618. The fourth-order valence-electron chi connectivity index (χ4n) is 1.59. The van der Waals surface area contributed by atoms with E-state index in [9.17, 15) is 5.21 Å². The number of hydrogen-bond donors (Lipinski definition) is 1. The van der Waals surface area contributed by atoms with Gasteiger partial charge in [-0.15, -0.1) is 6.58 Å². The molecule has 1 saturated heterocycles. The molecule has 0 radical (unpaired) electrons. The van der Waals surface area contributed by atoms with Crippen molar-refractivity contribution >= 4 is 0 Å². The molecule has 0 amide bonds. The highest BCUT2D eigenvalue weighted by molar-refractivity contribution is 4.78.